The maximum Gasteiger partial charge on any atom is 0.310 e. The van der Waals surface area contributed by atoms with Crippen molar-refractivity contribution in [1.29, 1.82) is 0 Å². The molecule has 2 aliphatic rings. The molecule has 0 radical (unpaired) electrons. The van der Waals surface area contributed by atoms with E-state index in [1.165, 1.54) is 4.31 Å². The predicted octanol–water partition coefficient (Wildman–Crippen LogP) is -0.167. The summed E-state index contributed by atoms with van der Waals surface area (Å²) in [6.45, 7) is 2.94. The van der Waals surface area contributed by atoms with Crippen molar-refractivity contribution in [2.75, 3.05) is 26.2 Å². The summed E-state index contributed by atoms with van der Waals surface area (Å²) < 4.78 is 33.4. The standard InChI is InChI=1S/C13H25N3O4S/c1-2-20-13(17)11-4-3-7-16(9-11)21(18,19)15-8-12(14)10-5-6-10/h10-12,15H,2-9,14H2,1H3. The molecular weight excluding hydrogens is 294 g/mol. The summed E-state index contributed by atoms with van der Waals surface area (Å²) in [4.78, 5) is 11.8. The molecule has 0 spiro atoms. The zero-order valence-corrected chi connectivity index (χ0v) is 13.3. The van der Waals surface area contributed by atoms with Gasteiger partial charge in [-0.15, -0.1) is 0 Å². The van der Waals surface area contributed by atoms with E-state index >= 15 is 0 Å². The third-order valence-corrected chi connectivity index (χ3v) is 5.62. The molecule has 0 amide bonds. The molecule has 1 saturated heterocycles. The van der Waals surface area contributed by atoms with Crippen molar-refractivity contribution in [3.8, 4) is 0 Å². The van der Waals surface area contributed by atoms with Crippen LogP contribution in [0.15, 0.2) is 0 Å². The molecule has 3 N–H and O–H groups in total. The van der Waals surface area contributed by atoms with Crippen molar-refractivity contribution < 1.29 is 17.9 Å². The SMILES string of the molecule is CCOC(=O)C1CCCN(S(=O)(=O)NCC(N)C2CC2)C1. The van der Waals surface area contributed by atoms with Gasteiger partial charge in [-0.05, 0) is 38.5 Å². The van der Waals surface area contributed by atoms with E-state index in [4.69, 9.17) is 10.5 Å². The van der Waals surface area contributed by atoms with E-state index in [9.17, 15) is 13.2 Å². The summed E-state index contributed by atoms with van der Waals surface area (Å²) in [5.74, 6) is -0.235. The number of piperidine rings is 1. The van der Waals surface area contributed by atoms with Crippen molar-refractivity contribution in [3.63, 3.8) is 0 Å². The van der Waals surface area contributed by atoms with Gasteiger partial charge in [-0.2, -0.15) is 12.7 Å². The molecule has 8 heteroatoms. The van der Waals surface area contributed by atoms with Crippen LogP contribution in [0.4, 0.5) is 0 Å². The number of carbonyl (C=O) groups is 1. The second-order valence-electron chi connectivity index (χ2n) is 5.80. The van der Waals surface area contributed by atoms with Gasteiger partial charge in [0.2, 0.25) is 0 Å². The largest absolute Gasteiger partial charge is 0.466 e. The van der Waals surface area contributed by atoms with Crippen LogP contribution in [0.25, 0.3) is 0 Å². The van der Waals surface area contributed by atoms with Gasteiger partial charge in [0.1, 0.15) is 0 Å². The van der Waals surface area contributed by atoms with Crippen LogP contribution in [0.3, 0.4) is 0 Å². The molecule has 1 heterocycles. The van der Waals surface area contributed by atoms with Crippen LogP contribution in [0, 0.1) is 11.8 Å². The number of rotatable bonds is 7. The minimum absolute atomic E-state index is 0.120. The zero-order chi connectivity index (χ0) is 15.5. The molecule has 0 aromatic rings. The summed E-state index contributed by atoms with van der Waals surface area (Å²) in [6, 6.07) is -0.120. The molecule has 0 aromatic carbocycles. The Morgan fingerprint density at radius 1 is 1.43 bits per heavy atom. The van der Waals surface area contributed by atoms with Gasteiger partial charge in [0.15, 0.2) is 0 Å². The number of nitrogens with zero attached hydrogens (tertiary/aromatic N) is 1. The Balaban J connectivity index is 1.87. The number of esters is 1. The molecule has 1 aliphatic carbocycles. The van der Waals surface area contributed by atoms with E-state index < -0.39 is 10.2 Å². The average molecular weight is 319 g/mol. The second-order valence-corrected chi connectivity index (χ2v) is 7.56. The minimum atomic E-state index is -3.57. The molecule has 1 aliphatic heterocycles. The molecule has 0 bridgehead atoms. The summed E-state index contributed by atoms with van der Waals surface area (Å²) in [7, 11) is -3.57. The summed E-state index contributed by atoms with van der Waals surface area (Å²) in [6.07, 6.45) is 3.50. The molecule has 7 nitrogen and oxygen atoms in total. The van der Waals surface area contributed by atoms with Crippen LogP contribution in [-0.4, -0.2) is 51.0 Å². The van der Waals surface area contributed by atoms with Gasteiger partial charge in [0.25, 0.3) is 10.2 Å². The highest BCUT2D eigenvalue weighted by atomic mass is 32.2. The summed E-state index contributed by atoms with van der Waals surface area (Å²) in [5, 5.41) is 0. The van der Waals surface area contributed by atoms with E-state index in [1.807, 2.05) is 0 Å². The van der Waals surface area contributed by atoms with E-state index in [-0.39, 0.29) is 31.0 Å². The number of carbonyl (C=O) groups excluding carboxylic acids is 1. The maximum absolute atomic E-state index is 12.3. The van der Waals surface area contributed by atoms with E-state index in [0.717, 1.165) is 12.8 Å². The van der Waals surface area contributed by atoms with E-state index in [0.29, 0.717) is 31.9 Å². The first-order chi connectivity index (χ1) is 9.94. The molecule has 21 heavy (non-hydrogen) atoms. The van der Waals surface area contributed by atoms with Crippen molar-refractivity contribution in [2.45, 2.75) is 38.6 Å². The summed E-state index contributed by atoms with van der Waals surface area (Å²) >= 11 is 0. The zero-order valence-electron chi connectivity index (χ0n) is 12.5. The lowest BCUT2D eigenvalue weighted by atomic mass is 10.0. The van der Waals surface area contributed by atoms with Gasteiger partial charge in [0, 0.05) is 25.7 Å². The number of ether oxygens (including phenoxy) is 1. The number of hydrogen-bond donors (Lipinski definition) is 2. The fraction of sp³-hybridized carbons (Fsp3) is 0.923. The molecule has 0 aromatic heterocycles. The molecule has 2 unspecified atom stereocenters. The Labute approximate surface area is 126 Å². The van der Waals surface area contributed by atoms with Crippen molar-refractivity contribution in [1.82, 2.24) is 9.03 Å². The topological polar surface area (TPSA) is 102 Å². The number of hydrogen-bond acceptors (Lipinski definition) is 5. The molecule has 2 rings (SSSR count). The third-order valence-electron chi connectivity index (χ3n) is 4.07. The van der Waals surface area contributed by atoms with Gasteiger partial charge in [-0.1, -0.05) is 0 Å². The van der Waals surface area contributed by atoms with E-state index in [1.54, 1.807) is 6.92 Å². The monoisotopic (exact) mass is 319 g/mol. The van der Waals surface area contributed by atoms with Gasteiger partial charge in [0.05, 0.1) is 12.5 Å². The Morgan fingerprint density at radius 2 is 2.14 bits per heavy atom. The Morgan fingerprint density at radius 3 is 2.76 bits per heavy atom. The van der Waals surface area contributed by atoms with Crippen LogP contribution in [0.5, 0.6) is 0 Å². The molecule has 2 atom stereocenters. The van der Waals surface area contributed by atoms with Gasteiger partial charge < -0.3 is 10.5 Å². The van der Waals surface area contributed by atoms with Crippen molar-refractivity contribution >= 4 is 16.2 Å². The highest BCUT2D eigenvalue weighted by Gasteiger charge is 2.34. The van der Waals surface area contributed by atoms with Crippen LogP contribution in [0.1, 0.15) is 32.6 Å². The normalized spacial score (nSPS) is 25.5. The first kappa shape index (κ1) is 16.7. The molecular formula is C13H25N3O4S. The van der Waals surface area contributed by atoms with Crippen molar-refractivity contribution in [2.24, 2.45) is 17.6 Å². The molecule has 122 valence electrons. The fourth-order valence-corrected chi connectivity index (χ4v) is 3.93. The smallest absolute Gasteiger partial charge is 0.310 e. The Kier molecular flexibility index (Phi) is 5.59. The molecule has 1 saturated carbocycles. The van der Waals surface area contributed by atoms with Gasteiger partial charge >= 0.3 is 5.97 Å². The first-order valence-corrected chi connectivity index (χ1v) is 9.05. The number of nitrogens with two attached hydrogens (primary N) is 1. The Bertz CT molecular complexity index is 464. The minimum Gasteiger partial charge on any atom is -0.466 e. The van der Waals surface area contributed by atoms with Crippen LogP contribution in [0.2, 0.25) is 0 Å². The van der Waals surface area contributed by atoms with Crippen LogP contribution < -0.4 is 10.5 Å². The maximum atomic E-state index is 12.3. The molecule has 2 fully saturated rings. The highest BCUT2D eigenvalue weighted by Crippen LogP contribution is 2.31. The summed E-state index contributed by atoms with van der Waals surface area (Å²) in [5.41, 5.74) is 5.91. The predicted molar refractivity (Wildman–Crippen MR) is 78.6 cm³/mol. The second kappa shape index (κ2) is 7.04. The first-order valence-electron chi connectivity index (χ1n) is 7.61. The highest BCUT2D eigenvalue weighted by molar-refractivity contribution is 7.87. The fourth-order valence-electron chi connectivity index (χ4n) is 2.60. The van der Waals surface area contributed by atoms with Crippen LogP contribution >= 0.6 is 0 Å². The quantitative estimate of drug-likeness (QED) is 0.635. The lowest BCUT2D eigenvalue weighted by Gasteiger charge is -2.31. The van der Waals surface area contributed by atoms with E-state index in [2.05, 4.69) is 4.72 Å². The number of nitrogens with one attached hydrogen (secondary N) is 1. The van der Waals surface area contributed by atoms with Gasteiger partial charge in [-0.25, -0.2) is 4.72 Å². The average Bonchev–Trinajstić information content (AvgIpc) is 3.30. The lowest BCUT2D eigenvalue weighted by molar-refractivity contribution is -0.149. The third kappa shape index (κ3) is 4.64. The van der Waals surface area contributed by atoms with Crippen LogP contribution in [-0.2, 0) is 19.7 Å². The van der Waals surface area contributed by atoms with Crippen molar-refractivity contribution in [3.05, 3.63) is 0 Å². The lowest BCUT2D eigenvalue weighted by Crippen LogP contribution is -2.50. The van der Waals surface area contributed by atoms with Gasteiger partial charge in [-0.3, -0.25) is 4.79 Å². The Hall–Kier alpha value is -0.700.